The molecule has 0 atom stereocenters. The molecule has 2 N–H and O–H groups in total. The first-order valence-electron chi connectivity index (χ1n) is 9.63. The third-order valence-corrected chi connectivity index (χ3v) is 4.95. The molecular formula is C26H21NO3. The number of phenolic OH excluding ortho intramolecular Hbond substituents is 2. The average Bonchev–Trinajstić information content (AvgIpc) is 2.78. The van der Waals surface area contributed by atoms with E-state index in [1.807, 2.05) is 60.7 Å². The SMILES string of the molecule is COc1ccc(CC#Cc2ccc3cc(O)c(Cc4ccccc4)c(O)c3c2)cn1. The molecule has 0 aliphatic heterocycles. The minimum atomic E-state index is 0.0923. The fourth-order valence-electron chi connectivity index (χ4n) is 3.34. The summed E-state index contributed by atoms with van der Waals surface area (Å²) >= 11 is 0. The molecule has 0 radical (unpaired) electrons. The molecule has 3 aromatic carbocycles. The van der Waals surface area contributed by atoms with E-state index in [9.17, 15) is 10.2 Å². The zero-order chi connectivity index (χ0) is 20.9. The van der Waals surface area contributed by atoms with Crippen LogP contribution in [0.4, 0.5) is 0 Å². The van der Waals surface area contributed by atoms with Gasteiger partial charge in [-0.25, -0.2) is 4.98 Å². The molecule has 0 aliphatic rings. The van der Waals surface area contributed by atoms with Gasteiger partial charge in [0.2, 0.25) is 5.88 Å². The zero-order valence-corrected chi connectivity index (χ0v) is 16.6. The normalized spacial score (nSPS) is 10.4. The number of ether oxygens (including phenoxy) is 1. The molecule has 0 fully saturated rings. The fourth-order valence-corrected chi connectivity index (χ4v) is 3.34. The largest absolute Gasteiger partial charge is 0.507 e. The van der Waals surface area contributed by atoms with Crippen LogP contribution in [-0.2, 0) is 12.8 Å². The second kappa shape index (κ2) is 8.59. The molecule has 0 spiro atoms. The first kappa shape index (κ1) is 19.4. The van der Waals surface area contributed by atoms with Gasteiger partial charge in [-0.15, -0.1) is 0 Å². The van der Waals surface area contributed by atoms with Crippen molar-refractivity contribution in [2.24, 2.45) is 0 Å². The van der Waals surface area contributed by atoms with E-state index in [4.69, 9.17) is 4.74 Å². The lowest BCUT2D eigenvalue weighted by Crippen LogP contribution is -1.91. The third kappa shape index (κ3) is 4.21. The topological polar surface area (TPSA) is 62.6 Å². The number of nitrogens with zero attached hydrogens (tertiary/aromatic N) is 1. The van der Waals surface area contributed by atoms with Gasteiger partial charge in [0.1, 0.15) is 11.5 Å². The number of fused-ring (bicyclic) bond motifs is 1. The minimum Gasteiger partial charge on any atom is -0.507 e. The van der Waals surface area contributed by atoms with Crippen molar-refractivity contribution in [3.05, 3.63) is 95.2 Å². The van der Waals surface area contributed by atoms with Crippen LogP contribution >= 0.6 is 0 Å². The van der Waals surface area contributed by atoms with Gasteiger partial charge in [-0.05, 0) is 34.7 Å². The maximum atomic E-state index is 10.8. The molecule has 4 nitrogen and oxygen atoms in total. The Morgan fingerprint density at radius 3 is 2.50 bits per heavy atom. The highest BCUT2D eigenvalue weighted by Crippen LogP contribution is 2.37. The number of benzene rings is 3. The van der Waals surface area contributed by atoms with E-state index < -0.39 is 0 Å². The van der Waals surface area contributed by atoms with E-state index in [1.165, 1.54) is 0 Å². The maximum absolute atomic E-state index is 10.8. The quantitative estimate of drug-likeness (QED) is 0.486. The Bertz CT molecular complexity index is 1240. The van der Waals surface area contributed by atoms with E-state index >= 15 is 0 Å². The molecule has 4 heteroatoms. The number of hydrogen-bond donors (Lipinski definition) is 2. The van der Waals surface area contributed by atoms with Gasteiger partial charge < -0.3 is 14.9 Å². The lowest BCUT2D eigenvalue weighted by Gasteiger charge is -2.11. The van der Waals surface area contributed by atoms with Crippen LogP contribution in [-0.4, -0.2) is 22.3 Å². The van der Waals surface area contributed by atoms with E-state index in [-0.39, 0.29) is 11.5 Å². The molecule has 0 saturated heterocycles. The Hall–Kier alpha value is -3.97. The number of methoxy groups -OCH3 is 1. The van der Waals surface area contributed by atoms with Crippen LogP contribution in [0.2, 0.25) is 0 Å². The number of hydrogen-bond acceptors (Lipinski definition) is 4. The van der Waals surface area contributed by atoms with Crippen LogP contribution in [0.5, 0.6) is 17.4 Å². The van der Waals surface area contributed by atoms with Crippen LogP contribution in [0.15, 0.2) is 72.9 Å². The molecule has 1 heterocycles. The maximum Gasteiger partial charge on any atom is 0.212 e. The summed E-state index contributed by atoms with van der Waals surface area (Å²) in [5, 5.41) is 22.7. The van der Waals surface area contributed by atoms with Crippen LogP contribution < -0.4 is 4.74 Å². The van der Waals surface area contributed by atoms with Gasteiger partial charge in [-0.2, -0.15) is 0 Å². The predicted molar refractivity (Wildman–Crippen MR) is 118 cm³/mol. The highest BCUT2D eigenvalue weighted by atomic mass is 16.5. The van der Waals surface area contributed by atoms with Crippen molar-refractivity contribution < 1.29 is 14.9 Å². The Morgan fingerprint density at radius 2 is 1.77 bits per heavy atom. The molecule has 0 bridgehead atoms. The van der Waals surface area contributed by atoms with Gasteiger partial charge >= 0.3 is 0 Å². The van der Waals surface area contributed by atoms with Gasteiger partial charge in [0.25, 0.3) is 0 Å². The van der Waals surface area contributed by atoms with Crippen LogP contribution in [0.3, 0.4) is 0 Å². The van der Waals surface area contributed by atoms with Crippen molar-refractivity contribution in [3.8, 4) is 29.2 Å². The summed E-state index contributed by atoms with van der Waals surface area (Å²) in [5.74, 6) is 7.05. The van der Waals surface area contributed by atoms with Crippen molar-refractivity contribution in [3.63, 3.8) is 0 Å². The Morgan fingerprint density at radius 1 is 0.933 bits per heavy atom. The van der Waals surface area contributed by atoms with Gasteiger partial charge in [-0.3, -0.25) is 0 Å². The summed E-state index contributed by atoms with van der Waals surface area (Å²) in [6, 6.07) is 20.8. The summed E-state index contributed by atoms with van der Waals surface area (Å²) in [6.07, 6.45) is 2.77. The van der Waals surface area contributed by atoms with Crippen LogP contribution in [0.25, 0.3) is 10.8 Å². The minimum absolute atomic E-state index is 0.0923. The first-order valence-corrected chi connectivity index (χ1v) is 9.63. The number of phenols is 2. The molecule has 0 unspecified atom stereocenters. The van der Waals surface area contributed by atoms with Gasteiger partial charge in [0.05, 0.1) is 7.11 Å². The third-order valence-electron chi connectivity index (χ3n) is 4.95. The standard InChI is InChI=1S/C26H21NO3/c1-30-25-13-11-20(17-27-25)9-5-8-19-10-12-21-16-24(28)23(26(29)22(21)14-19)15-18-6-3-2-4-7-18/h2-4,6-7,10-14,16-17,28-29H,9,15H2,1H3. The Labute approximate surface area is 175 Å². The Kier molecular flexibility index (Phi) is 5.54. The van der Waals surface area contributed by atoms with Gasteiger partial charge in [0.15, 0.2) is 0 Å². The van der Waals surface area contributed by atoms with Crippen molar-refractivity contribution in [2.45, 2.75) is 12.8 Å². The summed E-state index contributed by atoms with van der Waals surface area (Å²) in [6.45, 7) is 0. The smallest absolute Gasteiger partial charge is 0.212 e. The van der Waals surface area contributed by atoms with Crippen molar-refractivity contribution in [1.29, 1.82) is 0 Å². The fraction of sp³-hybridized carbons (Fsp3) is 0.115. The summed E-state index contributed by atoms with van der Waals surface area (Å²) < 4.78 is 5.06. The number of aromatic hydroxyl groups is 2. The molecule has 148 valence electrons. The second-order valence-corrected chi connectivity index (χ2v) is 7.01. The molecular weight excluding hydrogens is 374 g/mol. The molecule has 1 aromatic heterocycles. The van der Waals surface area contributed by atoms with E-state index in [0.29, 0.717) is 29.7 Å². The van der Waals surface area contributed by atoms with E-state index in [1.54, 1.807) is 19.4 Å². The van der Waals surface area contributed by atoms with Gasteiger partial charge in [0, 0.05) is 41.6 Å². The molecule has 30 heavy (non-hydrogen) atoms. The van der Waals surface area contributed by atoms with Gasteiger partial charge in [-0.1, -0.05) is 54.3 Å². The first-order chi connectivity index (χ1) is 14.6. The zero-order valence-electron chi connectivity index (χ0n) is 16.6. The summed E-state index contributed by atoms with van der Waals surface area (Å²) in [7, 11) is 1.59. The second-order valence-electron chi connectivity index (χ2n) is 7.01. The summed E-state index contributed by atoms with van der Waals surface area (Å²) in [5.41, 5.74) is 3.34. The highest BCUT2D eigenvalue weighted by molar-refractivity contribution is 5.92. The van der Waals surface area contributed by atoms with Crippen molar-refractivity contribution in [2.75, 3.05) is 7.11 Å². The molecule has 4 aromatic rings. The molecule has 0 saturated carbocycles. The monoisotopic (exact) mass is 395 g/mol. The molecule has 0 aliphatic carbocycles. The van der Waals surface area contributed by atoms with E-state index in [2.05, 4.69) is 16.8 Å². The average molecular weight is 395 g/mol. The lowest BCUT2D eigenvalue weighted by molar-refractivity contribution is 0.397. The number of aromatic nitrogens is 1. The molecule has 0 amide bonds. The van der Waals surface area contributed by atoms with Crippen molar-refractivity contribution >= 4 is 10.8 Å². The highest BCUT2D eigenvalue weighted by Gasteiger charge is 2.13. The van der Waals surface area contributed by atoms with Crippen LogP contribution in [0.1, 0.15) is 22.3 Å². The van der Waals surface area contributed by atoms with Crippen LogP contribution in [0, 0.1) is 11.8 Å². The lowest BCUT2D eigenvalue weighted by atomic mass is 9.97. The predicted octanol–water partition coefficient (Wildman–Crippen LogP) is 4.84. The Balaban J connectivity index is 1.61. The summed E-state index contributed by atoms with van der Waals surface area (Å²) in [4.78, 5) is 4.18. The van der Waals surface area contributed by atoms with Crippen molar-refractivity contribution in [1.82, 2.24) is 4.98 Å². The number of pyridine rings is 1. The number of rotatable bonds is 4. The molecule has 4 rings (SSSR count). The van der Waals surface area contributed by atoms with E-state index in [0.717, 1.165) is 22.1 Å².